The third-order valence-electron chi connectivity index (χ3n) is 4.81. The Kier molecular flexibility index (Phi) is 3.71. The molecule has 5 heteroatoms. The molecule has 2 aromatic carbocycles. The van der Waals surface area contributed by atoms with E-state index in [2.05, 4.69) is 5.32 Å². The number of benzene rings is 2. The van der Waals surface area contributed by atoms with Crippen molar-refractivity contribution >= 4 is 11.9 Å². The quantitative estimate of drug-likeness (QED) is 0.691. The van der Waals surface area contributed by atoms with Gasteiger partial charge in [0.15, 0.2) is 5.72 Å². The van der Waals surface area contributed by atoms with E-state index in [0.29, 0.717) is 12.2 Å². The van der Waals surface area contributed by atoms with Crippen LogP contribution in [0.5, 0.6) is 5.75 Å². The summed E-state index contributed by atoms with van der Waals surface area (Å²) in [5.41, 5.74) is 0.993. The number of piperidine rings is 1. The average Bonchev–Trinajstić information content (AvgIpc) is 2.60. The zero-order valence-corrected chi connectivity index (χ0v) is 13.9. The zero-order valence-electron chi connectivity index (χ0n) is 13.9. The maximum Gasteiger partial charge on any atom is 0.319 e. The Labute approximate surface area is 145 Å². The fraction of sp³-hybridized carbons (Fsp3) is 0.300. The van der Waals surface area contributed by atoms with Gasteiger partial charge in [-0.15, -0.1) is 0 Å². The van der Waals surface area contributed by atoms with E-state index in [-0.39, 0.29) is 18.4 Å². The van der Waals surface area contributed by atoms with Crippen molar-refractivity contribution in [3.05, 3.63) is 65.7 Å². The summed E-state index contributed by atoms with van der Waals surface area (Å²) in [6.07, 6.45) is 0.543. The Morgan fingerprint density at radius 3 is 2.72 bits per heavy atom. The second kappa shape index (κ2) is 5.92. The van der Waals surface area contributed by atoms with Crippen LogP contribution in [-0.4, -0.2) is 17.6 Å². The lowest BCUT2D eigenvalue weighted by Gasteiger charge is -2.46. The molecule has 2 aliphatic heterocycles. The molecular weight excluding hydrogens is 318 g/mol. The number of nitrogens with one attached hydrogen (secondary N) is 1. The smallest absolute Gasteiger partial charge is 0.319 e. The van der Waals surface area contributed by atoms with Crippen molar-refractivity contribution in [1.82, 2.24) is 5.32 Å². The highest BCUT2D eigenvalue weighted by molar-refractivity contribution is 6.00. The van der Waals surface area contributed by atoms with Crippen molar-refractivity contribution < 1.29 is 19.1 Å². The van der Waals surface area contributed by atoms with E-state index in [1.165, 1.54) is 0 Å². The third-order valence-corrected chi connectivity index (χ3v) is 4.81. The Morgan fingerprint density at radius 2 is 1.92 bits per heavy atom. The van der Waals surface area contributed by atoms with Crippen LogP contribution in [0.25, 0.3) is 0 Å². The Hall–Kier alpha value is -2.82. The zero-order chi connectivity index (χ0) is 17.4. The molecule has 2 heterocycles. The molecule has 3 atom stereocenters. The molecule has 128 valence electrons. The molecule has 2 aromatic rings. The lowest BCUT2D eigenvalue weighted by Crippen LogP contribution is -2.62. The van der Waals surface area contributed by atoms with Crippen LogP contribution in [-0.2, 0) is 20.9 Å². The predicted octanol–water partition coefficient (Wildman–Crippen LogP) is 2.76. The molecule has 2 bridgehead atoms. The molecular formula is C20H19NO4. The van der Waals surface area contributed by atoms with E-state index in [1.807, 2.05) is 61.5 Å². The standard InChI is InChI=1S/C20H19NO4/c1-20-11-15(14-9-5-6-10-16(14)25-20)17(18(22)21-20)19(23)24-12-13-7-3-2-4-8-13/h2-10,15,17H,11-12H2,1H3,(H,21,22)/t15-,17-,20+/m0/s1. The van der Waals surface area contributed by atoms with Gasteiger partial charge in [-0.2, -0.15) is 0 Å². The molecule has 5 nitrogen and oxygen atoms in total. The Morgan fingerprint density at radius 1 is 1.20 bits per heavy atom. The number of ether oxygens (including phenoxy) is 2. The summed E-state index contributed by atoms with van der Waals surface area (Å²) >= 11 is 0. The number of hydrogen-bond acceptors (Lipinski definition) is 4. The molecule has 0 radical (unpaired) electrons. The van der Waals surface area contributed by atoms with Crippen LogP contribution in [0.3, 0.4) is 0 Å². The van der Waals surface area contributed by atoms with E-state index < -0.39 is 17.6 Å². The summed E-state index contributed by atoms with van der Waals surface area (Å²) in [6.45, 7) is 1.99. The highest BCUT2D eigenvalue weighted by Crippen LogP contribution is 2.46. The number of carbonyl (C=O) groups excluding carboxylic acids is 2. The van der Waals surface area contributed by atoms with Crippen molar-refractivity contribution in [1.29, 1.82) is 0 Å². The van der Waals surface area contributed by atoms with Gasteiger partial charge in [-0.25, -0.2) is 0 Å². The second-order valence-electron chi connectivity index (χ2n) is 6.74. The third kappa shape index (κ3) is 2.86. The van der Waals surface area contributed by atoms with Crippen LogP contribution in [0.2, 0.25) is 0 Å². The van der Waals surface area contributed by atoms with Crippen LogP contribution in [0, 0.1) is 5.92 Å². The number of hydrogen-bond donors (Lipinski definition) is 1. The van der Waals surface area contributed by atoms with Gasteiger partial charge in [0.25, 0.3) is 0 Å². The van der Waals surface area contributed by atoms with Crippen molar-refractivity contribution in [2.45, 2.75) is 31.6 Å². The number of fused-ring (bicyclic) bond motifs is 4. The fourth-order valence-corrected chi connectivity index (χ4v) is 3.68. The highest BCUT2D eigenvalue weighted by atomic mass is 16.5. The van der Waals surface area contributed by atoms with Gasteiger partial charge in [0.2, 0.25) is 5.91 Å². The van der Waals surface area contributed by atoms with Crippen molar-refractivity contribution in [2.75, 3.05) is 0 Å². The highest BCUT2D eigenvalue weighted by Gasteiger charge is 2.52. The van der Waals surface area contributed by atoms with Crippen LogP contribution in [0.15, 0.2) is 54.6 Å². The van der Waals surface area contributed by atoms with Crippen LogP contribution in [0.4, 0.5) is 0 Å². The number of rotatable bonds is 3. The topological polar surface area (TPSA) is 64.6 Å². The molecule has 4 rings (SSSR count). The number of carbonyl (C=O) groups is 2. The molecule has 0 unspecified atom stereocenters. The SMILES string of the molecule is C[C@]12C[C@@H](c3ccccc3O1)[C@H](C(=O)OCc1ccccc1)C(=O)N2. The summed E-state index contributed by atoms with van der Waals surface area (Å²) in [5, 5.41) is 2.83. The molecule has 25 heavy (non-hydrogen) atoms. The monoisotopic (exact) mass is 337 g/mol. The Bertz CT molecular complexity index is 819. The minimum Gasteiger partial charge on any atom is -0.468 e. The fourth-order valence-electron chi connectivity index (χ4n) is 3.68. The first kappa shape index (κ1) is 15.7. The first-order chi connectivity index (χ1) is 12.1. The molecule has 1 N–H and O–H groups in total. The molecule has 1 amide bonds. The molecule has 2 aliphatic rings. The van der Waals surface area contributed by atoms with Crippen LogP contribution >= 0.6 is 0 Å². The van der Waals surface area contributed by atoms with Gasteiger partial charge in [0, 0.05) is 12.3 Å². The number of esters is 1. The number of amides is 1. The van der Waals surface area contributed by atoms with E-state index in [1.54, 1.807) is 0 Å². The van der Waals surface area contributed by atoms with E-state index >= 15 is 0 Å². The normalized spacial score (nSPS) is 26.8. The predicted molar refractivity (Wildman–Crippen MR) is 90.7 cm³/mol. The molecule has 0 aliphatic carbocycles. The molecule has 1 saturated heterocycles. The summed E-state index contributed by atoms with van der Waals surface area (Å²) in [5.74, 6) is -1.23. The molecule has 0 spiro atoms. The lowest BCUT2D eigenvalue weighted by atomic mass is 9.75. The van der Waals surface area contributed by atoms with E-state index in [0.717, 1.165) is 11.1 Å². The molecule has 0 saturated carbocycles. The van der Waals surface area contributed by atoms with Gasteiger partial charge in [0.05, 0.1) is 0 Å². The van der Waals surface area contributed by atoms with Crippen LogP contribution in [0.1, 0.15) is 30.4 Å². The lowest BCUT2D eigenvalue weighted by molar-refractivity contribution is -0.161. The van der Waals surface area contributed by atoms with E-state index in [4.69, 9.17) is 9.47 Å². The summed E-state index contributed by atoms with van der Waals surface area (Å²) in [6, 6.07) is 17.0. The first-order valence-corrected chi connectivity index (χ1v) is 8.36. The summed E-state index contributed by atoms with van der Waals surface area (Å²) < 4.78 is 11.4. The van der Waals surface area contributed by atoms with Crippen molar-refractivity contribution in [3.63, 3.8) is 0 Å². The van der Waals surface area contributed by atoms with Crippen molar-refractivity contribution in [2.24, 2.45) is 5.92 Å². The molecule has 0 aromatic heterocycles. The van der Waals surface area contributed by atoms with Gasteiger partial charge in [-0.3, -0.25) is 9.59 Å². The first-order valence-electron chi connectivity index (χ1n) is 8.36. The van der Waals surface area contributed by atoms with Gasteiger partial charge in [0.1, 0.15) is 18.3 Å². The minimum atomic E-state index is -0.859. The van der Waals surface area contributed by atoms with Crippen LogP contribution < -0.4 is 10.1 Å². The van der Waals surface area contributed by atoms with Crippen molar-refractivity contribution in [3.8, 4) is 5.75 Å². The summed E-state index contributed by atoms with van der Waals surface area (Å²) in [4.78, 5) is 25.3. The van der Waals surface area contributed by atoms with Gasteiger partial charge >= 0.3 is 5.97 Å². The number of para-hydroxylation sites is 1. The maximum atomic E-state index is 12.7. The van der Waals surface area contributed by atoms with Gasteiger partial charge in [-0.05, 0) is 24.1 Å². The minimum absolute atomic E-state index is 0.158. The second-order valence-corrected chi connectivity index (χ2v) is 6.74. The summed E-state index contributed by atoms with van der Waals surface area (Å²) in [7, 11) is 0. The molecule has 1 fully saturated rings. The largest absolute Gasteiger partial charge is 0.468 e. The van der Waals surface area contributed by atoms with Gasteiger partial charge < -0.3 is 14.8 Å². The maximum absolute atomic E-state index is 12.7. The Balaban J connectivity index is 1.59. The van der Waals surface area contributed by atoms with Gasteiger partial charge in [-0.1, -0.05) is 48.5 Å². The van der Waals surface area contributed by atoms with E-state index in [9.17, 15) is 9.59 Å². The average molecular weight is 337 g/mol.